The molecule has 0 unspecified atom stereocenters. The van der Waals surface area contributed by atoms with Crippen LogP contribution in [-0.4, -0.2) is 25.0 Å². The van der Waals surface area contributed by atoms with Crippen LogP contribution < -0.4 is 10.1 Å². The minimum Gasteiger partial charge on any atom is -0.494 e. The first-order valence-electron chi connectivity index (χ1n) is 7.80. The summed E-state index contributed by atoms with van der Waals surface area (Å²) < 4.78 is 10.4. The van der Waals surface area contributed by atoms with Crippen molar-refractivity contribution in [1.82, 2.24) is 5.32 Å². The van der Waals surface area contributed by atoms with Crippen LogP contribution in [0, 0.1) is 6.92 Å². The van der Waals surface area contributed by atoms with Gasteiger partial charge in [-0.3, -0.25) is 9.59 Å². The van der Waals surface area contributed by atoms with E-state index >= 15 is 0 Å². The first kappa shape index (κ1) is 17.5. The molecule has 0 aromatic heterocycles. The number of ether oxygens (including phenoxy) is 2. The van der Waals surface area contributed by atoms with Crippen LogP contribution in [0.5, 0.6) is 5.75 Å². The number of carbonyl (C=O) groups is 2. The second kappa shape index (κ2) is 8.72. The molecule has 0 aliphatic carbocycles. The van der Waals surface area contributed by atoms with E-state index in [2.05, 4.69) is 5.32 Å². The van der Waals surface area contributed by atoms with Gasteiger partial charge in [0, 0.05) is 5.56 Å². The highest BCUT2D eigenvalue weighted by Gasteiger charge is 2.09. The van der Waals surface area contributed by atoms with Crippen LogP contribution in [0.15, 0.2) is 48.5 Å². The van der Waals surface area contributed by atoms with Crippen molar-refractivity contribution < 1.29 is 19.1 Å². The molecule has 0 atom stereocenters. The number of rotatable bonds is 7. The van der Waals surface area contributed by atoms with Gasteiger partial charge in [-0.1, -0.05) is 29.8 Å². The van der Waals surface area contributed by atoms with Gasteiger partial charge in [-0.05, 0) is 43.7 Å². The van der Waals surface area contributed by atoms with E-state index in [1.165, 1.54) is 0 Å². The molecule has 24 heavy (non-hydrogen) atoms. The van der Waals surface area contributed by atoms with Crippen molar-refractivity contribution in [2.45, 2.75) is 20.5 Å². The second-order valence-electron chi connectivity index (χ2n) is 5.29. The summed E-state index contributed by atoms with van der Waals surface area (Å²) in [5, 5.41) is 2.54. The minimum absolute atomic E-state index is 0.169. The lowest BCUT2D eigenvalue weighted by Gasteiger charge is -2.08. The van der Waals surface area contributed by atoms with Crippen molar-refractivity contribution in [3.8, 4) is 5.75 Å². The zero-order chi connectivity index (χ0) is 17.4. The summed E-state index contributed by atoms with van der Waals surface area (Å²) in [6.07, 6.45) is 0. The Morgan fingerprint density at radius 2 is 1.67 bits per heavy atom. The largest absolute Gasteiger partial charge is 0.494 e. The molecule has 0 radical (unpaired) electrons. The molecule has 0 heterocycles. The number of aryl methyl sites for hydroxylation is 1. The van der Waals surface area contributed by atoms with Gasteiger partial charge >= 0.3 is 5.97 Å². The lowest BCUT2D eigenvalue weighted by molar-refractivity contribution is -0.143. The Bertz CT molecular complexity index is 678. The van der Waals surface area contributed by atoms with Crippen LogP contribution in [0.4, 0.5) is 0 Å². The third-order valence-electron chi connectivity index (χ3n) is 3.34. The Labute approximate surface area is 141 Å². The van der Waals surface area contributed by atoms with Crippen molar-refractivity contribution in [1.29, 1.82) is 0 Å². The SMILES string of the molecule is CCOc1ccc(C(=O)NCC(=O)OCc2ccc(C)cc2)cc1. The zero-order valence-electron chi connectivity index (χ0n) is 13.9. The Kier molecular flexibility index (Phi) is 6.37. The van der Waals surface area contributed by atoms with Gasteiger partial charge in [0.1, 0.15) is 18.9 Å². The van der Waals surface area contributed by atoms with Gasteiger partial charge < -0.3 is 14.8 Å². The van der Waals surface area contributed by atoms with Crippen LogP contribution >= 0.6 is 0 Å². The smallest absolute Gasteiger partial charge is 0.325 e. The van der Waals surface area contributed by atoms with E-state index in [0.717, 1.165) is 11.1 Å². The van der Waals surface area contributed by atoms with E-state index in [1.54, 1.807) is 24.3 Å². The maximum Gasteiger partial charge on any atom is 0.325 e. The van der Waals surface area contributed by atoms with Gasteiger partial charge in [0.25, 0.3) is 5.91 Å². The summed E-state index contributed by atoms with van der Waals surface area (Å²) in [5.74, 6) is -0.105. The highest BCUT2D eigenvalue weighted by Crippen LogP contribution is 2.12. The van der Waals surface area contributed by atoms with E-state index in [1.807, 2.05) is 38.1 Å². The molecule has 1 N–H and O–H groups in total. The Morgan fingerprint density at radius 1 is 1.00 bits per heavy atom. The predicted octanol–water partition coefficient (Wildman–Crippen LogP) is 2.87. The average molecular weight is 327 g/mol. The third kappa shape index (κ3) is 5.43. The van der Waals surface area contributed by atoms with Crippen molar-refractivity contribution in [2.75, 3.05) is 13.2 Å². The summed E-state index contributed by atoms with van der Waals surface area (Å²) in [6, 6.07) is 14.5. The first-order valence-corrected chi connectivity index (χ1v) is 7.80. The molecule has 0 aliphatic heterocycles. The molecule has 0 aliphatic rings. The van der Waals surface area contributed by atoms with Gasteiger partial charge in [0.15, 0.2) is 0 Å². The van der Waals surface area contributed by atoms with Crippen LogP contribution in [0.25, 0.3) is 0 Å². The summed E-state index contributed by atoms with van der Waals surface area (Å²) in [7, 11) is 0. The maximum atomic E-state index is 12.0. The molecule has 0 fully saturated rings. The van der Waals surface area contributed by atoms with Crippen molar-refractivity contribution in [3.05, 3.63) is 65.2 Å². The van der Waals surface area contributed by atoms with Gasteiger partial charge in [-0.2, -0.15) is 0 Å². The molecule has 0 saturated heterocycles. The molecule has 2 rings (SSSR count). The Morgan fingerprint density at radius 3 is 2.29 bits per heavy atom. The van der Waals surface area contributed by atoms with Gasteiger partial charge in [-0.15, -0.1) is 0 Å². The lowest BCUT2D eigenvalue weighted by atomic mass is 10.2. The number of carbonyl (C=O) groups excluding carboxylic acids is 2. The van der Waals surface area contributed by atoms with Crippen LogP contribution in [0.3, 0.4) is 0 Å². The van der Waals surface area contributed by atoms with Crippen LogP contribution in [0.1, 0.15) is 28.4 Å². The fourth-order valence-corrected chi connectivity index (χ4v) is 2.02. The Hall–Kier alpha value is -2.82. The van der Waals surface area contributed by atoms with Gasteiger partial charge in [0.2, 0.25) is 0 Å². The fraction of sp³-hybridized carbons (Fsp3) is 0.263. The molecule has 1 amide bonds. The number of esters is 1. The number of nitrogens with one attached hydrogen (secondary N) is 1. The molecule has 2 aromatic carbocycles. The molecule has 0 saturated carbocycles. The third-order valence-corrected chi connectivity index (χ3v) is 3.34. The summed E-state index contributed by atoms with van der Waals surface area (Å²) >= 11 is 0. The normalized spacial score (nSPS) is 10.1. The maximum absolute atomic E-state index is 12.0. The zero-order valence-corrected chi connectivity index (χ0v) is 13.9. The van der Waals surface area contributed by atoms with E-state index in [-0.39, 0.29) is 19.1 Å². The number of hydrogen-bond donors (Lipinski definition) is 1. The van der Waals surface area contributed by atoms with Gasteiger partial charge in [0.05, 0.1) is 6.61 Å². The van der Waals surface area contributed by atoms with E-state index in [4.69, 9.17) is 9.47 Å². The van der Waals surface area contributed by atoms with Crippen molar-refractivity contribution >= 4 is 11.9 Å². The second-order valence-corrected chi connectivity index (χ2v) is 5.29. The van der Waals surface area contributed by atoms with Crippen LogP contribution in [0.2, 0.25) is 0 Å². The van der Waals surface area contributed by atoms with E-state index in [9.17, 15) is 9.59 Å². The average Bonchev–Trinajstić information content (AvgIpc) is 2.60. The molecular weight excluding hydrogens is 306 g/mol. The molecule has 0 spiro atoms. The van der Waals surface area contributed by atoms with E-state index in [0.29, 0.717) is 17.9 Å². The molecule has 126 valence electrons. The predicted molar refractivity (Wildman–Crippen MR) is 90.9 cm³/mol. The number of amides is 1. The Balaban J connectivity index is 1.76. The molecular formula is C19H21NO4. The lowest BCUT2D eigenvalue weighted by Crippen LogP contribution is -2.30. The molecule has 2 aromatic rings. The highest BCUT2D eigenvalue weighted by atomic mass is 16.5. The van der Waals surface area contributed by atoms with Gasteiger partial charge in [-0.25, -0.2) is 0 Å². The standard InChI is InChI=1S/C19H21NO4/c1-3-23-17-10-8-16(9-11-17)19(22)20-12-18(21)24-13-15-6-4-14(2)5-7-15/h4-11H,3,12-13H2,1-2H3,(H,20,22). The number of benzene rings is 2. The first-order chi connectivity index (χ1) is 11.6. The topological polar surface area (TPSA) is 64.6 Å². The van der Waals surface area contributed by atoms with E-state index < -0.39 is 5.97 Å². The summed E-state index contributed by atoms with van der Waals surface area (Å²) in [5.41, 5.74) is 2.52. The molecule has 0 bridgehead atoms. The van der Waals surface area contributed by atoms with Crippen molar-refractivity contribution in [2.24, 2.45) is 0 Å². The monoisotopic (exact) mass is 327 g/mol. The summed E-state index contributed by atoms with van der Waals surface area (Å²) in [4.78, 5) is 23.7. The molecule has 5 nitrogen and oxygen atoms in total. The van der Waals surface area contributed by atoms with Crippen LogP contribution in [-0.2, 0) is 16.1 Å². The van der Waals surface area contributed by atoms with Crippen molar-refractivity contribution in [3.63, 3.8) is 0 Å². The minimum atomic E-state index is -0.477. The molecule has 5 heteroatoms. The summed E-state index contributed by atoms with van der Waals surface area (Å²) in [6.45, 7) is 4.48. The quantitative estimate of drug-likeness (QED) is 0.794. The number of hydrogen-bond acceptors (Lipinski definition) is 4. The highest BCUT2D eigenvalue weighted by molar-refractivity contribution is 5.96. The fourth-order valence-electron chi connectivity index (χ4n) is 2.02.